The zero-order chi connectivity index (χ0) is 24.9. The Bertz CT molecular complexity index is 1240. The van der Waals surface area contributed by atoms with E-state index in [1.807, 2.05) is 19.1 Å². The van der Waals surface area contributed by atoms with Gasteiger partial charge in [0.15, 0.2) is 5.82 Å². The molecule has 1 amide bonds. The number of hydrogen-bond acceptors (Lipinski definition) is 8. The van der Waals surface area contributed by atoms with E-state index in [1.54, 1.807) is 19.3 Å². The summed E-state index contributed by atoms with van der Waals surface area (Å²) < 4.78 is 14.5. The molecule has 10 heteroatoms. The minimum Gasteiger partial charge on any atom is -0.403 e. The normalized spacial score (nSPS) is 12.2. The Morgan fingerprint density at radius 1 is 1.26 bits per heavy atom. The Balaban J connectivity index is 1.74. The molecule has 0 fully saturated rings. The first kappa shape index (κ1) is 25.0. The fourth-order valence-corrected chi connectivity index (χ4v) is 3.94. The molecule has 0 unspecified atom stereocenters. The number of hydrogen-bond donors (Lipinski definition) is 3. The van der Waals surface area contributed by atoms with E-state index >= 15 is 0 Å². The van der Waals surface area contributed by atoms with E-state index in [4.69, 9.17) is 5.73 Å². The van der Waals surface area contributed by atoms with Crippen molar-refractivity contribution in [3.8, 4) is 11.3 Å². The van der Waals surface area contributed by atoms with Gasteiger partial charge >= 0.3 is 0 Å². The number of nitrogens with two attached hydrogens (primary N) is 1. The highest BCUT2D eigenvalue weighted by molar-refractivity contribution is 7.13. The molecule has 0 saturated carbocycles. The van der Waals surface area contributed by atoms with Gasteiger partial charge in [0.2, 0.25) is 5.95 Å². The zero-order valence-corrected chi connectivity index (χ0v) is 20.6. The summed E-state index contributed by atoms with van der Waals surface area (Å²) in [6.07, 6.45) is 5.54. The number of carbonyl (C=O) groups is 1. The topological polar surface area (TPSA) is 118 Å². The van der Waals surface area contributed by atoms with Crippen molar-refractivity contribution in [1.82, 2.24) is 20.3 Å². The lowest BCUT2D eigenvalue weighted by Crippen LogP contribution is -2.22. The average molecular weight is 482 g/mol. The van der Waals surface area contributed by atoms with Gasteiger partial charge in [0.1, 0.15) is 10.6 Å². The van der Waals surface area contributed by atoms with Crippen LogP contribution in [0.15, 0.2) is 47.5 Å². The number of aryl methyl sites for hydroxylation is 1. The number of benzene rings is 1. The van der Waals surface area contributed by atoms with E-state index in [9.17, 15) is 9.18 Å². The van der Waals surface area contributed by atoms with Crippen LogP contribution in [0, 0.1) is 12.7 Å². The first-order valence-electron chi connectivity index (χ1n) is 10.6. The van der Waals surface area contributed by atoms with Crippen LogP contribution in [-0.4, -0.2) is 34.1 Å². The molecule has 0 radical (unpaired) electrons. The smallest absolute Gasteiger partial charge is 0.263 e. The second-order valence-electron chi connectivity index (χ2n) is 8.63. The molecule has 0 spiro atoms. The van der Waals surface area contributed by atoms with Gasteiger partial charge in [-0.15, -0.1) is 11.3 Å². The van der Waals surface area contributed by atoms with Gasteiger partial charge in [0.25, 0.3) is 5.91 Å². The quantitative estimate of drug-likeness (QED) is 0.436. The van der Waals surface area contributed by atoms with Crippen molar-refractivity contribution in [2.45, 2.75) is 39.7 Å². The van der Waals surface area contributed by atoms with E-state index in [0.717, 1.165) is 22.3 Å². The maximum Gasteiger partial charge on any atom is 0.263 e. The molecular formula is C24H28FN7OS. The summed E-state index contributed by atoms with van der Waals surface area (Å²) in [5.41, 5.74) is 8.49. The van der Waals surface area contributed by atoms with Crippen molar-refractivity contribution in [2.75, 3.05) is 12.4 Å². The van der Waals surface area contributed by atoms with E-state index in [2.05, 4.69) is 51.3 Å². The van der Waals surface area contributed by atoms with Crippen LogP contribution in [0.5, 0.6) is 0 Å². The molecule has 0 aliphatic heterocycles. The van der Waals surface area contributed by atoms with Crippen molar-refractivity contribution >= 4 is 29.4 Å². The van der Waals surface area contributed by atoms with E-state index < -0.39 is 5.82 Å². The first-order chi connectivity index (χ1) is 16.1. The van der Waals surface area contributed by atoms with Gasteiger partial charge in [-0.3, -0.25) is 9.79 Å². The minimum atomic E-state index is -0.548. The predicted molar refractivity (Wildman–Crippen MR) is 134 cm³/mol. The minimum absolute atomic E-state index is 0.104. The monoisotopic (exact) mass is 481 g/mol. The van der Waals surface area contributed by atoms with Crippen LogP contribution >= 0.6 is 11.3 Å². The average Bonchev–Trinajstić information content (AvgIpc) is 3.30. The maximum absolute atomic E-state index is 14.5. The van der Waals surface area contributed by atoms with Crippen LogP contribution < -0.4 is 16.4 Å². The van der Waals surface area contributed by atoms with Gasteiger partial charge in [0, 0.05) is 37.0 Å². The van der Waals surface area contributed by atoms with Crippen LogP contribution in [0.2, 0.25) is 0 Å². The van der Waals surface area contributed by atoms with Gasteiger partial charge in [-0.1, -0.05) is 32.9 Å². The van der Waals surface area contributed by atoms with E-state index in [0.29, 0.717) is 22.7 Å². The zero-order valence-electron chi connectivity index (χ0n) is 19.8. The lowest BCUT2D eigenvalue weighted by atomic mass is 9.98. The lowest BCUT2D eigenvalue weighted by molar-refractivity contribution is 0.0954. The third kappa shape index (κ3) is 6.02. The molecule has 0 aliphatic carbocycles. The van der Waals surface area contributed by atoms with Crippen molar-refractivity contribution in [2.24, 2.45) is 10.7 Å². The van der Waals surface area contributed by atoms with E-state index in [1.165, 1.54) is 23.8 Å². The Kier molecular flexibility index (Phi) is 7.72. The number of carbonyl (C=O) groups excluding carboxylic acids is 1. The van der Waals surface area contributed by atoms with Crippen molar-refractivity contribution in [1.29, 1.82) is 0 Å². The van der Waals surface area contributed by atoms with E-state index in [-0.39, 0.29) is 23.0 Å². The second-order valence-corrected chi connectivity index (χ2v) is 9.66. The molecule has 0 atom stereocenters. The standard InChI is InChI=1S/C24H28FN7OS/c1-14-8-15(20-18(25)12-30-23(32-20)31-17(9-26)11-27-5)6-7-16(14)10-28-21(33)19-13-29-22(34-19)24(2,3)4/h6-9,11-13H,10,26H2,1-5H3,(H,28,33)(H,30,31,32). The first-order valence-corrected chi connectivity index (χ1v) is 11.4. The summed E-state index contributed by atoms with van der Waals surface area (Å²) >= 11 is 1.39. The highest BCUT2D eigenvalue weighted by atomic mass is 32.1. The third-order valence-electron chi connectivity index (χ3n) is 4.87. The Morgan fingerprint density at radius 3 is 2.65 bits per heavy atom. The van der Waals surface area contributed by atoms with Gasteiger partial charge in [0.05, 0.1) is 23.1 Å². The fraction of sp³-hybridized carbons (Fsp3) is 0.292. The molecule has 3 rings (SSSR count). The number of anilines is 1. The van der Waals surface area contributed by atoms with Gasteiger partial charge in [-0.25, -0.2) is 19.3 Å². The lowest BCUT2D eigenvalue weighted by Gasteiger charge is -2.13. The number of halogens is 1. The molecule has 0 aliphatic rings. The Morgan fingerprint density at radius 2 is 2.03 bits per heavy atom. The van der Waals surface area contributed by atoms with Crippen LogP contribution in [0.4, 0.5) is 10.3 Å². The number of amides is 1. The number of allylic oxidation sites excluding steroid dienone is 1. The van der Waals surface area contributed by atoms with Crippen LogP contribution in [0.1, 0.15) is 46.6 Å². The van der Waals surface area contributed by atoms with Gasteiger partial charge in [-0.05, 0) is 24.1 Å². The number of thiazole rings is 1. The molecule has 2 aromatic heterocycles. The van der Waals surface area contributed by atoms with Crippen LogP contribution in [0.3, 0.4) is 0 Å². The number of aliphatic imine (C=N–C) groups is 1. The Hall–Kier alpha value is -3.66. The second kappa shape index (κ2) is 10.5. The fourth-order valence-electron chi connectivity index (χ4n) is 3.04. The van der Waals surface area contributed by atoms with Gasteiger partial charge in [-0.2, -0.15) is 0 Å². The molecule has 1 aromatic carbocycles. The summed E-state index contributed by atoms with van der Waals surface area (Å²) in [4.78, 5) is 29.6. The molecule has 178 valence electrons. The van der Waals surface area contributed by atoms with Crippen LogP contribution in [0.25, 0.3) is 11.3 Å². The Labute approximate surface area is 202 Å². The number of nitrogens with zero attached hydrogens (tertiary/aromatic N) is 4. The molecule has 3 aromatic rings. The highest BCUT2D eigenvalue weighted by Crippen LogP contribution is 2.27. The SMILES string of the molecule is CN=CC(=CN)Nc1ncc(F)c(-c2ccc(CNC(=O)c3cnc(C(C)(C)C)s3)c(C)c2)n1. The highest BCUT2D eigenvalue weighted by Gasteiger charge is 2.20. The summed E-state index contributed by atoms with van der Waals surface area (Å²) in [5.74, 6) is -0.525. The summed E-state index contributed by atoms with van der Waals surface area (Å²) in [6.45, 7) is 8.43. The molecule has 8 nitrogen and oxygen atoms in total. The summed E-state index contributed by atoms with van der Waals surface area (Å²) in [5, 5.41) is 6.74. The predicted octanol–water partition coefficient (Wildman–Crippen LogP) is 4.19. The van der Waals surface area contributed by atoms with Crippen molar-refractivity contribution in [3.63, 3.8) is 0 Å². The van der Waals surface area contributed by atoms with Crippen molar-refractivity contribution in [3.05, 3.63) is 69.3 Å². The molecule has 4 N–H and O–H groups in total. The molecule has 0 bridgehead atoms. The maximum atomic E-state index is 14.5. The summed E-state index contributed by atoms with van der Waals surface area (Å²) in [7, 11) is 1.61. The molecule has 34 heavy (non-hydrogen) atoms. The molecular weight excluding hydrogens is 453 g/mol. The molecule has 0 saturated heterocycles. The number of nitrogens with one attached hydrogen (secondary N) is 2. The van der Waals surface area contributed by atoms with Crippen molar-refractivity contribution < 1.29 is 9.18 Å². The third-order valence-corrected chi connectivity index (χ3v) is 6.30. The largest absolute Gasteiger partial charge is 0.403 e. The van der Waals surface area contributed by atoms with Crippen LogP contribution in [-0.2, 0) is 12.0 Å². The van der Waals surface area contributed by atoms with Gasteiger partial charge < -0.3 is 16.4 Å². The summed E-state index contributed by atoms with van der Waals surface area (Å²) in [6, 6.07) is 5.44. The molecule has 2 heterocycles. The number of aromatic nitrogens is 3. The number of rotatable bonds is 7.